The number of hydrogen-bond acceptors (Lipinski definition) is 4. The highest BCUT2D eigenvalue weighted by Gasteiger charge is 2.27. The van der Waals surface area contributed by atoms with Crippen LogP contribution in [0.5, 0.6) is 5.75 Å². The normalized spacial score (nSPS) is 22.4. The summed E-state index contributed by atoms with van der Waals surface area (Å²) in [5, 5.41) is 10.8. The van der Waals surface area contributed by atoms with E-state index in [0.717, 1.165) is 31.4 Å². The van der Waals surface area contributed by atoms with Crippen LogP contribution in [0.4, 0.5) is 10.1 Å². The van der Waals surface area contributed by atoms with Gasteiger partial charge in [-0.2, -0.15) is 0 Å². The first-order valence-electron chi connectivity index (χ1n) is 6.38. The molecule has 0 radical (unpaired) electrons. The van der Waals surface area contributed by atoms with Crippen molar-refractivity contribution < 1.29 is 14.1 Å². The summed E-state index contributed by atoms with van der Waals surface area (Å²) in [7, 11) is 0. The van der Waals surface area contributed by atoms with Crippen molar-refractivity contribution in [3.05, 3.63) is 34.1 Å². The Balaban J connectivity index is 2.05. The second-order valence-corrected chi connectivity index (χ2v) is 4.87. The van der Waals surface area contributed by atoms with Gasteiger partial charge in [0, 0.05) is 0 Å². The third-order valence-electron chi connectivity index (χ3n) is 3.69. The van der Waals surface area contributed by atoms with Gasteiger partial charge in [-0.15, -0.1) is 0 Å². The van der Waals surface area contributed by atoms with E-state index >= 15 is 0 Å². The molecular weight excluding hydrogens is 251 g/mol. The SMILES string of the molecule is NCC1CCCC1COc1ccc(F)cc1[N+](=O)[O-]. The number of ether oxygens (including phenoxy) is 1. The molecule has 2 unspecified atom stereocenters. The fraction of sp³-hybridized carbons (Fsp3) is 0.538. The minimum absolute atomic E-state index is 0.120. The van der Waals surface area contributed by atoms with Crippen molar-refractivity contribution in [2.24, 2.45) is 17.6 Å². The van der Waals surface area contributed by atoms with Gasteiger partial charge in [-0.25, -0.2) is 4.39 Å². The van der Waals surface area contributed by atoms with Gasteiger partial charge in [0.15, 0.2) is 5.75 Å². The quantitative estimate of drug-likeness (QED) is 0.657. The van der Waals surface area contributed by atoms with E-state index in [9.17, 15) is 14.5 Å². The molecule has 0 amide bonds. The summed E-state index contributed by atoms with van der Waals surface area (Å²) < 4.78 is 18.5. The van der Waals surface area contributed by atoms with Gasteiger partial charge in [0.25, 0.3) is 0 Å². The molecule has 1 fully saturated rings. The lowest BCUT2D eigenvalue weighted by Gasteiger charge is -2.18. The zero-order valence-electron chi connectivity index (χ0n) is 10.5. The van der Waals surface area contributed by atoms with Gasteiger partial charge < -0.3 is 10.5 Å². The maximum Gasteiger partial charge on any atom is 0.313 e. The van der Waals surface area contributed by atoms with Crippen LogP contribution in [0.2, 0.25) is 0 Å². The molecule has 1 aliphatic rings. The first kappa shape index (κ1) is 13.7. The van der Waals surface area contributed by atoms with E-state index in [2.05, 4.69) is 0 Å². The van der Waals surface area contributed by atoms with E-state index in [-0.39, 0.29) is 11.4 Å². The molecule has 1 saturated carbocycles. The van der Waals surface area contributed by atoms with E-state index in [1.807, 2.05) is 0 Å². The topological polar surface area (TPSA) is 78.4 Å². The van der Waals surface area contributed by atoms with Crippen LogP contribution in [-0.2, 0) is 0 Å². The lowest BCUT2D eigenvalue weighted by Crippen LogP contribution is -2.23. The summed E-state index contributed by atoms with van der Waals surface area (Å²) in [5.41, 5.74) is 5.35. The number of rotatable bonds is 5. The first-order valence-corrected chi connectivity index (χ1v) is 6.38. The maximum atomic E-state index is 13.0. The number of nitrogens with zero attached hydrogens (tertiary/aromatic N) is 1. The average molecular weight is 268 g/mol. The fourth-order valence-electron chi connectivity index (χ4n) is 2.60. The average Bonchev–Trinajstić information content (AvgIpc) is 2.84. The molecule has 0 bridgehead atoms. The van der Waals surface area contributed by atoms with Crippen LogP contribution in [0.25, 0.3) is 0 Å². The number of nitro groups is 1. The third kappa shape index (κ3) is 3.20. The van der Waals surface area contributed by atoms with Crippen molar-refractivity contribution in [2.45, 2.75) is 19.3 Å². The second kappa shape index (κ2) is 5.97. The molecule has 0 heterocycles. The summed E-state index contributed by atoms with van der Waals surface area (Å²) in [6, 6.07) is 3.35. The molecule has 0 aromatic heterocycles. The first-order chi connectivity index (χ1) is 9.11. The number of nitro benzene ring substituents is 1. The number of halogens is 1. The lowest BCUT2D eigenvalue weighted by atomic mass is 9.97. The van der Waals surface area contributed by atoms with Crippen LogP contribution in [0, 0.1) is 27.8 Å². The third-order valence-corrected chi connectivity index (χ3v) is 3.69. The van der Waals surface area contributed by atoms with Crippen LogP contribution in [0.3, 0.4) is 0 Å². The summed E-state index contributed by atoms with van der Waals surface area (Å²) in [6.45, 7) is 1.01. The summed E-state index contributed by atoms with van der Waals surface area (Å²) in [6.07, 6.45) is 3.22. The molecule has 19 heavy (non-hydrogen) atoms. The zero-order chi connectivity index (χ0) is 13.8. The number of nitrogens with two attached hydrogens (primary N) is 1. The molecule has 1 aromatic carbocycles. The van der Waals surface area contributed by atoms with Crippen molar-refractivity contribution in [1.82, 2.24) is 0 Å². The molecule has 0 saturated heterocycles. The highest BCUT2D eigenvalue weighted by molar-refractivity contribution is 5.46. The van der Waals surface area contributed by atoms with Crippen LogP contribution in [-0.4, -0.2) is 18.1 Å². The van der Waals surface area contributed by atoms with Gasteiger partial charge in [-0.05, 0) is 43.4 Å². The predicted molar refractivity (Wildman–Crippen MR) is 68.4 cm³/mol. The maximum absolute atomic E-state index is 13.0. The summed E-state index contributed by atoms with van der Waals surface area (Å²) in [4.78, 5) is 10.2. The smallest absolute Gasteiger partial charge is 0.313 e. The van der Waals surface area contributed by atoms with E-state index in [0.29, 0.717) is 25.0 Å². The molecule has 1 aliphatic carbocycles. The van der Waals surface area contributed by atoms with E-state index in [4.69, 9.17) is 10.5 Å². The zero-order valence-corrected chi connectivity index (χ0v) is 10.5. The Bertz CT molecular complexity index is 467. The molecule has 2 rings (SSSR count). The standard InChI is InChI=1S/C13H17FN2O3/c14-11-4-5-13(12(6-11)16(17)18)19-8-10-3-1-2-9(10)7-15/h4-6,9-10H,1-3,7-8,15H2. The van der Waals surface area contributed by atoms with Crippen molar-refractivity contribution in [3.63, 3.8) is 0 Å². The van der Waals surface area contributed by atoms with Crippen molar-refractivity contribution in [1.29, 1.82) is 0 Å². The van der Waals surface area contributed by atoms with Gasteiger partial charge in [0.1, 0.15) is 5.82 Å². The highest BCUT2D eigenvalue weighted by atomic mass is 19.1. The minimum atomic E-state index is -0.639. The lowest BCUT2D eigenvalue weighted by molar-refractivity contribution is -0.386. The van der Waals surface area contributed by atoms with Crippen molar-refractivity contribution in [3.8, 4) is 5.75 Å². The summed E-state index contributed by atoms with van der Waals surface area (Å²) in [5.74, 6) is 0.225. The molecule has 1 aromatic rings. The Morgan fingerprint density at radius 2 is 2.16 bits per heavy atom. The Morgan fingerprint density at radius 1 is 1.42 bits per heavy atom. The van der Waals surface area contributed by atoms with Gasteiger partial charge in [-0.1, -0.05) is 6.42 Å². The number of hydrogen-bond donors (Lipinski definition) is 1. The molecule has 104 valence electrons. The van der Waals surface area contributed by atoms with Crippen LogP contribution < -0.4 is 10.5 Å². The van der Waals surface area contributed by atoms with Crippen LogP contribution in [0.15, 0.2) is 18.2 Å². The van der Waals surface area contributed by atoms with Crippen molar-refractivity contribution >= 4 is 5.69 Å². The van der Waals surface area contributed by atoms with Gasteiger partial charge in [0.05, 0.1) is 17.6 Å². The Hall–Kier alpha value is -1.69. The largest absolute Gasteiger partial charge is 0.487 e. The van der Waals surface area contributed by atoms with Gasteiger partial charge in [0.2, 0.25) is 0 Å². The predicted octanol–water partition coefficient (Wildman–Crippen LogP) is 2.49. The van der Waals surface area contributed by atoms with Crippen molar-refractivity contribution in [2.75, 3.05) is 13.2 Å². The molecule has 5 nitrogen and oxygen atoms in total. The summed E-state index contributed by atoms with van der Waals surface area (Å²) >= 11 is 0. The number of benzene rings is 1. The molecular formula is C13H17FN2O3. The van der Waals surface area contributed by atoms with E-state index in [1.54, 1.807) is 0 Å². The Labute approximate surface area is 110 Å². The minimum Gasteiger partial charge on any atom is -0.487 e. The molecule has 0 aliphatic heterocycles. The Morgan fingerprint density at radius 3 is 2.84 bits per heavy atom. The highest BCUT2D eigenvalue weighted by Crippen LogP contribution is 2.33. The molecule has 2 atom stereocenters. The molecule has 6 heteroatoms. The van der Waals surface area contributed by atoms with E-state index < -0.39 is 10.7 Å². The van der Waals surface area contributed by atoms with Gasteiger partial charge >= 0.3 is 5.69 Å². The van der Waals surface area contributed by atoms with Crippen LogP contribution >= 0.6 is 0 Å². The molecule has 0 spiro atoms. The monoisotopic (exact) mass is 268 g/mol. The van der Waals surface area contributed by atoms with Crippen LogP contribution in [0.1, 0.15) is 19.3 Å². The fourth-order valence-corrected chi connectivity index (χ4v) is 2.60. The van der Waals surface area contributed by atoms with E-state index in [1.165, 1.54) is 6.07 Å². The second-order valence-electron chi connectivity index (χ2n) is 4.87. The molecule has 2 N–H and O–H groups in total. The Kier molecular flexibility index (Phi) is 4.31. The van der Waals surface area contributed by atoms with Gasteiger partial charge in [-0.3, -0.25) is 10.1 Å².